The Morgan fingerprint density at radius 3 is 2.87 bits per heavy atom. The van der Waals surface area contributed by atoms with E-state index in [2.05, 4.69) is 5.32 Å². The van der Waals surface area contributed by atoms with E-state index in [4.69, 9.17) is 11.6 Å². The maximum Gasteiger partial charge on any atom is 0.255 e. The van der Waals surface area contributed by atoms with Crippen LogP contribution in [0.5, 0.6) is 0 Å². The number of hydrogen-bond acceptors (Lipinski definition) is 3. The summed E-state index contributed by atoms with van der Waals surface area (Å²) in [6.07, 6.45) is 0. The summed E-state index contributed by atoms with van der Waals surface area (Å²) in [6.45, 7) is 0.000506. The summed E-state index contributed by atoms with van der Waals surface area (Å²) in [7, 11) is 0. The van der Waals surface area contributed by atoms with E-state index >= 15 is 0 Å². The van der Waals surface area contributed by atoms with Crippen LogP contribution in [0.2, 0.25) is 5.02 Å². The number of carbonyl (C=O) groups excluding carboxylic acids is 1. The number of carbonyl (C=O) groups is 1. The molecule has 2 aromatic carbocycles. The third-order valence-electron chi connectivity index (χ3n) is 3.85. The van der Waals surface area contributed by atoms with Gasteiger partial charge in [0.1, 0.15) is 11.4 Å². The van der Waals surface area contributed by atoms with Crippen LogP contribution in [-0.4, -0.2) is 23.3 Å². The molecule has 23 heavy (non-hydrogen) atoms. The molecule has 1 amide bonds. The van der Waals surface area contributed by atoms with Crippen LogP contribution in [0.1, 0.15) is 21.5 Å². The smallest absolute Gasteiger partial charge is 0.255 e. The molecular formula is C17H15ClFNO2S. The number of benzene rings is 2. The molecule has 0 bridgehead atoms. The van der Waals surface area contributed by atoms with E-state index in [9.17, 15) is 14.3 Å². The third kappa shape index (κ3) is 3.22. The number of halogens is 2. The fourth-order valence-corrected chi connectivity index (χ4v) is 4.10. The van der Waals surface area contributed by atoms with Gasteiger partial charge in [-0.2, -0.15) is 11.8 Å². The lowest BCUT2D eigenvalue weighted by atomic mass is 9.91. The molecule has 0 fully saturated rings. The van der Waals surface area contributed by atoms with Crippen LogP contribution in [0.4, 0.5) is 4.39 Å². The zero-order chi connectivity index (χ0) is 16.4. The summed E-state index contributed by atoms with van der Waals surface area (Å²) in [5, 5.41) is 13.5. The molecule has 0 spiro atoms. The third-order valence-corrected chi connectivity index (χ3v) is 5.36. The molecule has 2 aromatic rings. The van der Waals surface area contributed by atoms with E-state index in [0.717, 1.165) is 16.9 Å². The lowest BCUT2D eigenvalue weighted by Crippen LogP contribution is -2.44. The standard InChI is InChI=1S/C17H15ClFNO2S/c18-13-6-3-7-14(19)15(13)16(21)20-9-17(22)10-23-8-11-4-1-2-5-12(11)17/h1-7,22H,8-10H2,(H,20,21). The van der Waals surface area contributed by atoms with Gasteiger partial charge in [-0.1, -0.05) is 41.9 Å². The van der Waals surface area contributed by atoms with Crippen molar-refractivity contribution in [3.8, 4) is 0 Å². The van der Waals surface area contributed by atoms with Crippen LogP contribution in [-0.2, 0) is 11.4 Å². The van der Waals surface area contributed by atoms with Crippen molar-refractivity contribution in [2.24, 2.45) is 0 Å². The molecular weight excluding hydrogens is 337 g/mol. The Morgan fingerprint density at radius 1 is 1.30 bits per heavy atom. The van der Waals surface area contributed by atoms with Gasteiger partial charge >= 0.3 is 0 Å². The lowest BCUT2D eigenvalue weighted by Gasteiger charge is -2.34. The Bertz CT molecular complexity index is 735. The van der Waals surface area contributed by atoms with Crippen LogP contribution >= 0.6 is 23.4 Å². The zero-order valence-corrected chi connectivity index (χ0v) is 13.8. The molecule has 0 saturated heterocycles. The first-order valence-electron chi connectivity index (χ1n) is 7.12. The van der Waals surface area contributed by atoms with Gasteiger partial charge < -0.3 is 10.4 Å². The fraction of sp³-hybridized carbons (Fsp3) is 0.235. The van der Waals surface area contributed by atoms with E-state index in [1.807, 2.05) is 24.3 Å². The highest BCUT2D eigenvalue weighted by atomic mass is 35.5. The number of hydrogen-bond donors (Lipinski definition) is 2. The molecule has 3 nitrogen and oxygen atoms in total. The first-order chi connectivity index (χ1) is 11.0. The highest BCUT2D eigenvalue weighted by molar-refractivity contribution is 7.98. The fourth-order valence-electron chi connectivity index (χ4n) is 2.68. The highest BCUT2D eigenvalue weighted by Crippen LogP contribution is 2.36. The van der Waals surface area contributed by atoms with Crippen LogP contribution in [0.15, 0.2) is 42.5 Å². The van der Waals surface area contributed by atoms with Crippen molar-refractivity contribution in [1.82, 2.24) is 5.32 Å². The summed E-state index contributed by atoms with van der Waals surface area (Å²) >= 11 is 7.49. The molecule has 1 atom stereocenters. The topological polar surface area (TPSA) is 49.3 Å². The van der Waals surface area contributed by atoms with Crippen LogP contribution in [0.3, 0.4) is 0 Å². The molecule has 120 valence electrons. The monoisotopic (exact) mass is 351 g/mol. The molecule has 1 unspecified atom stereocenters. The van der Waals surface area contributed by atoms with Crippen molar-refractivity contribution in [1.29, 1.82) is 0 Å². The van der Waals surface area contributed by atoms with Gasteiger partial charge in [0.15, 0.2) is 0 Å². The van der Waals surface area contributed by atoms with Crippen molar-refractivity contribution in [2.75, 3.05) is 12.3 Å². The van der Waals surface area contributed by atoms with Crippen molar-refractivity contribution < 1.29 is 14.3 Å². The van der Waals surface area contributed by atoms with Crippen LogP contribution in [0.25, 0.3) is 0 Å². The average molecular weight is 352 g/mol. The highest BCUT2D eigenvalue weighted by Gasteiger charge is 2.35. The first-order valence-corrected chi connectivity index (χ1v) is 8.65. The van der Waals surface area contributed by atoms with Crippen molar-refractivity contribution in [3.63, 3.8) is 0 Å². The number of amides is 1. The molecule has 6 heteroatoms. The van der Waals surface area contributed by atoms with E-state index in [0.29, 0.717) is 5.75 Å². The minimum Gasteiger partial charge on any atom is -0.382 e. The Kier molecular flexibility index (Phi) is 4.62. The second-order valence-corrected chi connectivity index (χ2v) is 6.85. The van der Waals surface area contributed by atoms with E-state index in [1.165, 1.54) is 18.2 Å². The van der Waals surface area contributed by atoms with Gasteiger partial charge in [-0.25, -0.2) is 4.39 Å². The van der Waals surface area contributed by atoms with Gasteiger partial charge in [-0.15, -0.1) is 0 Å². The van der Waals surface area contributed by atoms with Gasteiger partial charge in [-0.3, -0.25) is 4.79 Å². The number of rotatable bonds is 3. The Morgan fingerprint density at radius 2 is 2.09 bits per heavy atom. The SMILES string of the molecule is O=C(NCC1(O)CSCc2ccccc21)c1c(F)cccc1Cl. The van der Waals surface area contributed by atoms with Gasteiger partial charge in [0.05, 0.1) is 17.1 Å². The maximum absolute atomic E-state index is 13.8. The van der Waals surface area contributed by atoms with Crippen molar-refractivity contribution in [2.45, 2.75) is 11.4 Å². The van der Waals surface area contributed by atoms with Gasteiger partial charge in [0, 0.05) is 11.5 Å². The Balaban J connectivity index is 1.80. The molecule has 1 aliphatic rings. The van der Waals surface area contributed by atoms with E-state index in [1.54, 1.807) is 11.8 Å². The predicted molar refractivity (Wildman–Crippen MR) is 90.2 cm³/mol. The number of thioether (sulfide) groups is 1. The minimum absolute atomic E-state index is 0.000506. The molecule has 1 aliphatic heterocycles. The molecule has 0 radical (unpaired) electrons. The van der Waals surface area contributed by atoms with Crippen LogP contribution in [0, 0.1) is 5.82 Å². The van der Waals surface area contributed by atoms with E-state index in [-0.39, 0.29) is 17.1 Å². The Hall–Kier alpha value is -1.56. The number of nitrogens with one attached hydrogen (secondary N) is 1. The van der Waals surface area contributed by atoms with Gasteiger partial charge in [0.25, 0.3) is 5.91 Å². The number of aliphatic hydroxyl groups is 1. The van der Waals surface area contributed by atoms with Gasteiger partial charge in [0.2, 0.25) is 0 Å². The summed E-state index contributed by atoms with van der Waals surface area (Å²) in [5.74, 6) is -0.0177. The Labute approximate surface area is 142 Å². The summed E-state index contributed by atoms with van der Waals surface area (Å²) in [5.41, 5.74) is 0.477. The molecule has 0 aliphatic carbocycles. The number of fused-ring (bicyclic) bond motifs is 1. The second-order valence-electron chi connectivity index (χ2n) is 5.46. The van der Waals surface area contributed by atoms with Gasteiger partial charge in [-0.05, 0) is 23.3 Å². The largest absolute Gasteiger partial charge is 0.382 e. The summed E-state index contributed by atoms with van der Waals surface area (Å²) < 4.78 is 13.8. The molecule has 3 rings (SSSR count). The zero-order valence-electron chi connectivity index (χ0n) is 12.2. The molecule has 2 N–H and O–H groups in total. The van der Waals surface area contributed by atoms with E-state index < -0.39 is 17.3 Å². The second kappa shape index (κ2) is 6.51. The molecule has 1 heterocycles. The quantitative estimate of drug-likeness (QED) is 0.891. The minimum atomic E-state index is -1.17. The normalized spacial score (nSPS) is 20.0. The van der Waals surface area contributed by atoms with Crippen molar-refractivity contribution >= 4 is 29.3 Å². The average Bonchev–Trinajstić information content (AvgIpc) is 2.53. The first kappa shape index (κ1) is 16.3. The summed E-state index contributed by atoms with van der Waals surface area (Å²) in [4.78, 5) is 12.2. The van der Waals surface area contributed by atoms with Crippen molar-refractivity contribution in [3.05, 3.63) is 70.0 Å². The van der Waals surface area contributed by atoms with Crippen LogP contribution < -0.4 is 5.32 Å². The molecule has 0 aromatic heterocycles. The maximum atomic E-state index is 13.8. The predicted octanol–water partition coefficient (Wildman–Crippen LogP) is 3.34. The summed E-state index contributed by atoms with van der Waals surface area (Å²) in [6, 6.07) is 11.7. The molecule has 0 saturated carbocycles. The lowest BCUT2D eigenvalue weighted by molar-refractivity contribution is 0.0551.